The van der Waals surface area contributed by atoms with E-state index in [-0.39, 0.29) is 0 Å². The second-order valence-corrected chi connectivity index (χ2v) is 5.41. The van der Waals surface area contributed by atoms with Crippen LogP contribution in [-0.2, 0) is 0 Å². The quantitative estimate of drug-likeness (QED) is 0.712. The first kappa shape index (κ1) is 10.5. The number of rotatable bonds is 2. The summed E-state index contributed by atoms with van der Waals surface area (Å²) in [7, 11) is 0. The minimum atomic E-state index is 0.839. The molecule has 1 saturated carbocycles. The summed E-state index contributed by atoms with van der Waals surface area (Å²) in [4.78, 5) is 0. The Bertz CT molecular complexity index is 178. The van der Waals surface area contributed by atoms with Crippen LogP contribution in [0.1, 0.15) is 58.8 Å². The molecule has 0 aromatic carbocycles. The van der Waals surface area contributed by atoms with Crippen LogP contribution >= 0.6 is 0 Å². The summed E-state index contributed by atoms with van der Waals surface area (Å²) in [6, 6.07) is 1.70. The minimum absolute atomic E-state index is 0.839. The maximum atomic E-state index is 3.89. The molecule has 2 rings (SSSR count). The van der Waals surface area contributed by atoms with Gasteiger partial charge in [-0.05, 0) is 37.5 Å². The van der Waals surface area contributed by atoms with Crippen molar-refractivity contribution in [1.29, 1.82) is 0 Å². The van der Waals surface area contributed by atoms with E-state index in [1.165, 1.54) is 44.9 Å². The van der Waals surface area contributed by atoms with Gasteiger partial charge in [0.25, 0.3) is 0 Å². The maximum Gasteiger partial charge on any atom is 0.0100 e. The molecule has 14 heavy (non-hydrogen) atoms. The molecule has 1 unspecified atom stereocenters. The van der Waals surface area contributed by atoms with Gasteiger partial charge >= 0.3 is 0 Å². The zero-order valence-corrected chi connectivity index (χ0v) is 9.76. The summed E-state index contributed by atoms with van der Waals surface area (Å²) in [5.74, 6) is 1.97. The van der Waals surface area contributed by atoms with Gasteiger partial charge in [0.1, 0.15) is 0 Å². The molecule has 1 heterocycles. The lowest BCUT2D eigenvalue weighted by Crippen LogP contribution is -2.50. The molecule has 0 radical (unpaired) electrons. The first-order valence-corrected chi connectivity index (χ1v) is 6.57. The van der Waals surface area contributed by atoms with E-state index in [0.717, 1.165) is 23.9 Å². The van der Waals surface area contributed by atoms with Gasteiger partial charge in [0.2, 0.25) is 0 Å². The van der Waals surface area contributed by atoms with E-state index in [9.17, 15) is 0 Å². The minimum Gasteiger partial charge on any atom is -0.311 e. The second-order valence-electron chi connectivity index (χ2n) is 5.41. The normalized spacial score (nSPS) is 43.3. The van der Waals surface area contributed by atoms with Crippen LogP contribution < -0.4 is 5.32 Å². The van der Waals surface area contributed by atoms with Crippen LogP contribution in [0, 0.1) is 11.8 Å². The van der Waals surface area contributed by atoms with Gasteiger partial charge in [0.15, 0.2) is 0 Å². The van der Waals surface area contributed by atoms with E-state index in [2.05, 4.69) is 19.2 Å². The van der Waals surface area contributed by atoms with Crippen LogP contribution in [-0.4, -0.2) is 12.1 Å². The number of piperidine rings is 1. The van der Waals surface area contributed by atoms with Crippen molar-refractivity contribution >= 4 is 0 Å². The Morgan fingerprint density at radius 3 is 2.79 bits per heavy atom. The smallest absolute Gasteiger partial charge is 0.0100 e. The molecule has 1 nitrogen and oxygen atoms in total. The van der Waals surface area contributed by atoms with E-state index >= 15 is 0 Å². The molecular formula is C13H25N. The highest BCUT2D eigenvalue weighted by atomic mass is 15.0. The SMILES string of the molecule is CCC[C@H]1CCC2[C@@H](C)CCC[C@H]2N1. The van der Waals surface area contributed by atoms with E-state index in [1.807, 2.05) is 0 Å². The Morgan fingerprint density at radius 2 is 2.00 bits per heavy atom. The lowest BCUT2D eigenvalue weighted by molar-refractivity contribution is 0.122. The molecular weight excluding hydrogens is 170 g/mol. The standard InChI is InChI=1S/C13H25N/c1-3-5-11-8-9-12-10(2)6-4-7-13(12)14-11/h10-14H,3-9H2,1-2H3/t10-,11-,12?,13+/m0/s1. The van der Waals surface area contributed by atoms with Gasteiger partial charge in [0.05, 0.1) is 0 Å². The van der Waals surface area contributed by atoms with Crippen LogP contribution in [0.3, 0.4) is 0 Å². The van der Waals surface area contributed by atoms with Gasteiger partial charge in [-0.25, -0.2) is 0 Å². The molecule has 1 aliphatic carbocycles. The maximum absolute atomic E-state index is 3.89. The molecule has 0 bridgehead atoms. The summed E-state index contributed by atoms with van der Waals surface area (Å²) < 4.78 is 0. The summed E-state index contributed by atoms with van der Waals surface area (Å²) in [5.41, 5.74) is 0. The first-order valence-electron chi connectivity index (χ1n) is 6.57. The zero-order chi connectivity index (χ0) is 9.97. The molecule has 1 heteroatoms. The number of nitrogens with one attached hydrogen (secondary N) is 1. The van der Waals surface area contributed by atoms with E-state index < -0.39 is 0 Å². The van der Waals surface area contributed by atoms with Gasteiger partial charge in [-0.3, -0.25) is 0 Å². The van der Waals surface area contributed by atoms with Gasteiger partial charge < -0.3 is 5.32 Å². The van der Waals surface area contributed by atoms with Crippen molar-refractivity contribution in [1.82, 2.24) is 5.32 Å². The van der Waals surface area contributed by atoms with Crippen molar-refractivity contribution in [2.24, 2.45) is 11.8 Å². The van der Waals surface area contributed by atoms with Crippen molar-refractivity contribution in [3.63, 3.8) is 0 Å². The Balaban J connectivity index is 1.89. The van der Waals surface area contributed by atoms with Gasteiger partial charge in [-0.15, -0.1) is 0 Å². The van der Waals surface area contributed by atoms with E-state index in [4.69, 9.17) is 0 Å². The van der Waals surface area contributed by atoms with Crippen LogP contribution in [0.15, 0.2) is 0 Å². The molecule has 2 aliphatic rings. The van der Waals surface area contributed by atoms with Gasteiger partial charge in [-0.1, -0.05) is 33.1 Å². The third-order valence-electron chi connectivity index (χ3n) is 4.36. The molecule has 0 aromatic rings. The highest BCUT2D eigenvalue weighted by molar-refractivity contribution is 4.91. The molecule has 0 aromatic heterocycles. The van der Waals surface area contributed by atoms with Crippen LogP contribution in [0.2, 0.25) is 0 Å². The molecule has 0 amide bonds. The van der Waals surface area contributed by atoms with Crippen LogP contribution in [0.4, 0.5) is 0 Å². The lowest BCUT2D eigenvalue weighted by atomic mass is 9.71. The van der Waals surface area contributed by atoms with Gasteiger partial charge in [0, 0.05) is 12.1 Å². The largest absolute Gasteiger partial charge is 0.311 e. The van der Waals surface area contributed by atoms with Crippen molar-refractivity contribution in [3.8, 4) is 0 Å². The van der Waals surface area contributed by atoms with Crippen LogP contribution in [0.5, 0.6) is 0 Å². The zero-order valence-electron chi connectivity index (χ0n) is 9.76. The summed E-state index contributed by atoms with van der Waals surface area (Å²) >= 11 is 0. The Kier molecular flexibility index (Phi) is 3.48. The molecule has 0 spiro atoms. The van der Waals surface area contributed by atoms with E-state index in [1.54, 1.807) is 0 Å². The third-order valence-corrected chi connectivity index (χ3v) is 4.36. The third kappa shape index (κ3) is 2.13. The molecule has 1 aliphatic heterocycles. The molecule has 1 saturated heterocycles. The second kappa shape index (κ2) is 4.65. The summed E-state index contributed by atoms with van der Waals surface area (Å²) in [6.45, 7) is 4.76. The first-order chi connectivity index (χ1) is 6.81. The Labute approximate surface area is 88.7 Å². The molecule has 82 valence electrons. The topological polar surface area (TPSA) is 12.0 Å². The number of hydrogen-bond donors (Lipinski definition) is 1. The average Bonchev–Trinajstić information content (AvgIpc) is 2.18. The number of fused-ring (bicyclic) bond motifs is 1. The highest BCUT2D eigenvalue weighted by Crippen LogP contribution is 2.36. The predicted molar refractivity (Wildman–Crippen MR) is 61.4 cm³/mol. The Morgan fingerprint density at radius 1 is 1.14 bits per heavy atom. The predicted octanol–water partition coefficient (Wildman–Crippen LogP) is 3.34. The van der Waals surface area contributed by atoms with Gasteiger partial charge in [-0.2, -0.15) is 0 Å². The number of hydrogen-bond acceptors (Lipinski definition) is 1. The van der Waals surface area contributed by atoms with Crippen molar-refractivity contribution in [2.45, 2.75) is 70.9 Å². The summed E-state index contributed by atoms with van der Waals surface area (Å²) in [5, 5.41) is 3.89. The molecule has 1 N–H and O–H groups in total. The molecule has 2 fully saturated rings. The highest BCUT2D eigenvalue weighted by Gasteiger charge is 2.34. The fourth-order valence-electron chi connectivity index (χ4n) is 3.53. The van der Waals surface area contributed by atoms with E-state index in [0.29, 0.717) is 0 Å². The van der Waals surface area contributed by atoms with Crippen molar-refractivity contribution < 1.29 is 0 Å². The Hall–Kier alpha value is -0.0400. The fourth-order valence-corrected chi connectivity index (χ4v) is 3.53. The van der Waals surface area contributed by atoms with Crippen molar-refractivity contribution in [3.05, 3.63) is 0 Å². The average molecular weight is 195 g/mol. The lowest BCUT2D eigenvalue weighted by Gasteiger charge is -2.44. The van der Waals surface area contributed by atoms with Crippen LogP contribution in [0.25, 0.3) is 0 Å². The fraction of sp³-hybridized carbons (Fsp3) is 1.00. The molecule has 4 atom stereocenters. The monoisotopic (exact) mass is 195 g/mol. The van der Waals surface area contributed by atoms with Crippen molar-refractivity contribution in [2.75, 3.05) is 0 Å². The summed E-state index contributed by atoms with van der Waals surface area (Å²) in [6.07, 6.45) is 10.0.